The fraction of sp³-hybridized carbons (Fsp3) is 0.636. The molecule has 1 unspecified atom stereocenters. The predicted molar refractivity (Wildman–Crippen MR) is 60.0 cm³/mol. The molecule has 1 aromatic rings. The maximum absolute atomic E-state index is 7.91. The first-order valence-electron chi connectivity index (χ1n) is 5.57. The summed E-state index contributed by atoms with van der Waals surface area (Å²) < 4.78 is 2.08. The Labute approximate surface area is 90.4 Å². The van der Waals surface area contributed by atoms with Crippen LogP contribution in [0.3, 0.4) is 0 Å². The van der Waals surface area contributed by atoms with Crippen molar-refractivity contribution in [3.05, 3.63) is 18.7 Å². The van der Waals surface area contributed by atoms with Crippen LogP contribution in [0.5, 0.6) is 0 Å². The Morgan fingerprint density at radius 1 is 1.53 bits per heavy atom. The van der Waals surface area contributed by atoms with Crippen LogP contribution in [0.25, 0.3) is 0 Å². The first kappa shape index (κ1) is 10.2. The van der Waals surface area contributed by atoms with Crippen LogP contribution in [-0.2, 0) is 6.54 Å². The van der Waals surface area contributed by atoms with E-state index in [4.69, 9.17) is 5.41 Å². The molecule has 0 amide bonds. The van der Waals surface area contributed by atoms with Crippen molar-refractivity contribution in [2.24, 2.45) is 0 Å². The maximum Gasteiger partial charge on any atom is 0.0960 e. The fourth-order valence-corrected chi connectivity index (χ4v) is 2.14. The average molecular weight is 206 g/mol. The van der Waals surface area contributed by atoms with Gasteiger partial charge in [0.15, 0.2) is 0 Å². The highest BCUT2D eigenvalue weighted by molar-refractivity contribution is 5.80. The van der Waals surface area contributed by atoms with E-state index in [1.165, 1.54) is 12.8 Å². The lowest BCUT2D eigenvalue weighted by molar-refractivity contribution is 0.270. The third-order valence-corrected chi connectivity index (χ3v) is 2.98. The molecule has 0 spiro atoms. The zero-order valence-electron chi connectivity index (χ0n) is 9.19. The van der Waals surface area contributed by atoms with Crippen LogP contribution in [0.1, 0.15) is 26.2 Å². The van der Waals surface area contributed by atoms with Gasteiger partial charge in [-0.3, -0.25) is 5.41 Å². The molecule has 4 heteroatoms. The van der Waals surface area contributed by atoms with E-state index >= 15 is 0 Å². The Balaban J connectivity index is 1.94. The molecule has 1 aromatic heterocycles. The van der Waals surface area contributed by atoms with Crippen LogP contribution in [0.2, 0.25) is 0 Å². The fourth-order valence-electron chi connectivity index (χ4n) is 2.14. The Morgan fingerprint density at radius 3 is 3.07 bits per heavy atom. The summed E-state index contributed by atoms with van der Waals surface area (Å²) in [6, 6.07) is 0.395. The molecule has 1 atom stereocenters. The zero-order chi connectivity index (χ0) is 10.7. The minimum Gasteiger partial charge on any atom is -0.356 e. The largest absolute Gasteiger partial charge is 0.356 e. The van der Waals surface area contributed by atoms with E-state index < -0.39 is 0 Å². The number of rotatable bonds is 3. The van der Waals surface area contributed by atoms with Gasteiger partial charge >= 0.3 is 0 Å². The molecule has 1 fully saturated rings. The zero-order valence-corrected chi connectivity index (χ0v) is 9.19. The molecule has 0 radical (unpaired) electrons. The lowest BCUT2D eigenvalue weighted by atomic mass is 10.1. The Kier molecular flexibility index (Phi) is 3.04. The summed E-state index contributed by atoms with van der Waals surface area (Å²) >= 11 is 0. The molecule has 2 rings (SSSR count). The second-order valence-electron chi connectivity index (χ2n) is 4.21. The standard InChI is InChI=1S/C11H18N4/c1-10(8-14-7-5-13-9-14)15-6-3-2-4-11(15)12/h5,7,9-10,12H,2-4,6,8H2,1H3. The second kappa shape index (κ2) is 4.47. The van der Waals surface area contributed by atoms with E-state index in [9.17, 15) is 0 Å². The Morgan fingerprint density at radius 2 is 2.40 bits per heavy atom. The summed E-state index contributed by atoms with van der Waals surface area (Å²) in [4.78, 5) is 6.24. The molecule has 15 heavy (non-hydrogen) atoms. The summed E-state index contributed by atoms with van der Waals surface area (Å²) in [5.41, 5.74) is 0. The van der Waals surface area contributed by atoms with Crippen LogP contribution in [-0.4, -0.2) is 32.9 Å². The van der Waals surface area contributed by atoms with Gasteiger partial charge in [-0.1, -0.05) is 0 Å². The molecule has 1 N–H and O–H groups in total. The van der Waals surface area contributed by atoms with Gasteiger partial charge in [-0.15, -0.1) is 0 Å². The summed E-state index contributed by atoms with van der Waals surface area (Å²) in [7, 11) is 0. The topological polar surface area (TPSA) is 44.9 Å². The van der Waals surface area contributed by atoms with Gasteiger partial charge in [0.05, 0.1) is 12.2 Å². The molecule has 0 aliphatic carbocycles. The molecular weight excluding hydrogens is 188 g/mol. The quantitative estimate of drug-likeness (QED) is 0.818. The minimum absolute atomic E-state index is 0.395. The number of likely N-dealkylation sites (tertiary alicyclic amines) is 1. The van der Waals surface area contributed by atoms with Crippen LogP contribution in [0.15, 0.2) is 18.7 Å². The molecule has 4 nitrogen and oxygen atoms in total. The highest BCUT2D eigenvalue weighted by atomic mass is 15.2. The van der Waals surface area contributed by atoms with Crippen molar-refractivity contribution in [2.45, 2.75) is 38.8 Å². The lowest BCUT2D eigenvalue weighted by Gasteiger charge is -2.34. The third kappa shape index (κ3) is 2.37. The van der Waals surface area contributed by atoms with E-state index in [0.717, 1.165) is 25.3 Å². The van der Waals surface area contributed by atoms with Crippen LogP contribution in [0.4, 0.5) is 0 Å². The molecule has 0 bridgehead atoms. The van der Waals surface area contributed by atoms with Crippen LogP contribution >= 0.6 is 0 Å². The predicted octanol–water partition coefficient (Wildman–Crippen LogP) is 1.73. The number of aromatic nitrogens is 2. The van der Waals surface area contributed by atoms with E-state index in [1.807, 2.05) is 12.5 Å². The second-order valence-corrected chi connectivity index (χ2v) is 4.21. The molecule has 2 heterocycles. The molecule has 0 aromatic carbocycles. The summed E-state index contributed by atoms with van der Waals surface area (Å²) in [5, 5.41) is 7.91. The first-order valence-corrected chi connectivity index (χ1v) is 5.57. The third-order valence-electron chi connectivity index (χ3n) is 2.98. The number of hydrogen-bond donors (Lipinski definition) is 1. The number of piperidine rings is 1. The van der Waals surface area contributed by atoms with Gasteiger partial charge in [-0.2, -0.15) is 0 Å². The van der Waals surface area contributed by atoms with Gasteiger partial charge in [-0.25, -0.2) is 4.98 Å². The molecule has 1 aliphatic heterocycles. The van der Waals surface area contributed by atoms with Crippen molar-refractivity contribution >= 4 is 5.84 Å². The van der Waals surface area contributed by atoms with Crippen molar-refractivity contribution in [3.63, 3.8) is 0 Å². The average Bonchev–Trinajstić information content (AvgIpc) is 2.71. The van der Waals surface area contributed by atoms with Gasteiger partial charge in [0.25, 0.3) is 0 Å². The normalized spacial score (nSPS) is 19.3. The van der Waals surface area contributed by atoms with E-state index in [-0.39, 0.29) is 0 Å². The molecular formula is C11H18N4. The van der Waals surface area contributed by atoms with Gasteiger partial charge in [0.2, 0.25) is 0 Å². The van der Waals surface area contributed by atoms with Gasteiger partial charge in [-0.05, 0) is 19.8 Å². The van der Waals surface area contributed by atoms with Crippen molar-refractivity contribution in [2.75, 3.05) is 6.54 Å². The van der Waals surface area contributed by atoms with Gasteiger partial charge < -0.3 is 9.47 Å². The Hall–Kier alpha value is -1.32. The molecule has 1 aliphatic rings. The highest BCUT2D eigenvalue weighted by Gasteiger charge is 2.20. The number of imidazole rings is 1. The van der Waals surface area contributed by atoms with Crippen molar-refractivity contribution in [1.82, 2.24) is 14.5 Å². The lowest BCUT2D eigenvalue weighted by Crippen LogP contribution is -2.43. The minimum atomic E-state index is 0.395. The van der Waals surface area contributed by atoms with Crippen molar-refractivity contribution in [3.8, 4) is 0 Å². The summed E-state index contributed by atoms with van der Waals surface area (Å²) in [6.45, 7) is 4.14. The van der Waals surface area contributed by atoms with Crippen molar-refractivity contribution in [1.29, 1.82) is 5.41 Å². The maximum atomic E-state index is 7.91. The number of nitrogens with one attached hydrogen (secondary N) is 1. The number of hydrogen-bond acceptors (Lipinski definition) is 2. The molecule has 1 saturated heterocycles. The Bertz CT molecular complexity index is 317. The van der Waals surface area contributed by atoms with Crippen LogP contribution in [0, 0.1) is 5.41 Å². The van der Waals surface area contributed by atoms with E-state index in [1.54, 1.807) is 6.20 Å². The van der Waals surface area contributed by atoms with E-state index in [2.05, 4.69) is 21.4 Å². The van der Waals surface area contributed by atoms with E-state index in [0.29, 0.717) is 6.04 Å². The smallest absolute Gasteiger partial charge is 0.0960 e. The molecule has 82 valence electrons. The monoisotopic (exact) mass is 206 g/mol. The number of amidine groups is 1. The SMILES string of the molecule is CC(Cn1ccnc1)N1CCCCC1=N. The first-order chi connectivity index (χ1) is 7.27. The number of nitrogens with zero attached hydrogens (tertiary/aromatic N) is 3. The van der Waals surface area contributed by atoms with Crippen LogP contribution < -0.4 is 0 Å². The van der Waals surface area contributed by atoms with Gasteiger partial charge in [0.1, 0.15) is 0 Å². The molecule has 0 saturated carbocycles. The summed E-state index contributed by atoms with van der Waals surface area (Å²) in [5.74, 6) is 0.800. The van der Waals surface area contributed by atoms with Gasteiger partial charge in [0, 0.05) is 37.9 Å². The van der Waals surface area contributed by atoms with Crippen molar-refractivity contribution < 1.29 is 0 Å². The summed E-state index contributed by atoms with van der Waals surface area (Å²) in [6.07, 6.45) is 8.94. The highest BCUT2D eigenvalue weighted by Crippen LogP contribution is 2.14.